The highest BCUT2D eigenvalue weighted by atomic mass is 16.7. The summed E-state index contributed by atoms with van der Waals surface area (Å²) in [4.78, 5) is 30.1. The van der Waals surface area contributed by atoms with Crippen LogP contribution in [0.3, 0.4) is 0 Å². The van der Waals surface area contributed by atoms with Crippen molar-refractivity contribution in [1.29, 1.82) is 0 Å². The summed E-state index contributed by atoms with van der Waals surface area (Å²) in [5, 5.41) is 20.5. The minimum atomic E-state index is -1.11. The standard InChI is InChI=1S/C24H23NO5/c26-21-13-11-19(12-14-21)15-22(24(28)29)25(17-20-9-5-2-6-10-20)30-23(27)16-18-7-3-1-4-8-18/h1-14,22,26H,15-17H2,(H,28,29)/t22-/m0/s1. The van der Waals surface area contributed by atoms with E-state index in [1.165, 1.54) is 17.2 Å². The quantitative estimate of drug-likeness (QED) is 0.529. The Kier molecular flexibility index (Phi) is 7.19. The maximum Gasteiger partial charge on any atom is 0.329 e. The number of hydrogen-bond donors (Lipinski definition) is 2. The Morgan fingerprint density at radius 2 is 1.37 bits per heavy atom. The molecule has 1 atom stereocenters. The number of carboxylic acid groups (broad SMARTS) is 1. The highest BCUT2D eigenvalue weighted by Gasteiger charge is 2.29. The normalized spacial score (nSPS) is 11.8. The molecule has 0 aliphatic rings. The zero-order valence-corrected chi connectivity index (χ0v) is 16.3. The summed E-state index contributed by atoms with van der Waals surface area (Å²) in [7, 11) is 0. The van der Waals surface area contributed by atoms with Gasteiger partial charge in [-0.3, -0.25) is 4.79 Å². The number of phenols is 1. The first-order valence-electron chi connectivity index (χ1n) is 9.57. The van der Waals surface area contributed by atoms with Gasteiger partial charge in [0.1, 0.15) is 11.8 Å². The Morgan fingerprint density at radius 3 is 1.93 bits per heavy atom. The van der Waals surface area contributed by atoms with Gasteiger partial charge in [-0.05, 0) is 28.8 Å². The molecule has 0 fully saturated rings. The fourth-order valence-electron chi connectivity index (χ4n) is 3.06. The van der Waals surface area contributed by atoms with E-state index in [0.29, 0.717) is 5.56 Å². The van der Waals surface area contributed by atoms with Gasteiger partial charge in [0.15, 0.2) is 0 Å². The molecule has 0 saturated carbocycles. The summed E-state index contributed by atoms with van der Waals surface area (Å²) < 4.78 is 0. The second-order valence-corrected chi connectivity index (χ2v) is 6.91. The summed E-state index contributed by atoms with van der Waals surface area (Å²) in [6.45, 7) is 0.135. The molecule has 3 aromatic rings. The van der Waals surface area contributed by atoms with Crippen LogP contribution in [0.25, 0.3) is 0 Å². The molecule has 0 radical (unpaired) electrons. The van der Waals surface area contributed by atoms with Crippen molar-refractivity contribution < 1.29 is 24.6 Å². The monoisotopic (exact) mass is 405 g/mol. The van der Waals surface area contributed by atoms with Crippen molar-refractivity contribution in [3.05, 3.63) is 102 Å². The van der Waals surface area contributed by atoms with Gasteiger partial charge in [-0.1, -0.05) is 72.8 Å². The lowest BCUT2D eigenvalue weighted by Gasteiger charge is -2.27. The van der Waals surface area contributed by atoms with Crippen molar-refractivity contribution in [2.24, 2.45) is 0 Å². The Hall–Kier alpha value is -3.64. The number of carbonyl (C=O) groups is 2. The van der Waals surface area contributed by atoms with Gasteiger partial charge < -0.3 is 15.1 Å². The molecule has 0 unspecified atom stereocenters. The number of nitrogens with zero attached hydrogens (tertiary/aromatic N) is 1. The van der Waals surface area contributed by atoms with Gasteiger partial charge in [0.05, 0.1) is 13.0 Å². The average molecular weight is 405 g/mol. The third-order valence-electron chi connectivity index (χ3n) is 4.59. The number of aliphatic carboxylic acids is 1. The number of hydrogen-bond acceptors (Lipinski definition) is 5. The van der Waals surface area contributed by atoms with Gasteiger partial charge in [0.2, 0.25) is 0 Å². The number of benzene rings is 3. The molecule has 0 aromatic heterocycles. The van der Waals surface area contributed by atoms with Gasteiger partial charge in [-0.2, -0.15) is 0 Å². The fraction of sp³-hybridized carbons (Fsp3) is 0.167. The van der Waals surface area contributed by atoms with E-state index in [9.17, 15) is 19.8 Å². The minimum Gasteiger partial charge on any atom is -0.508 e. The van der Waals surface area contributed by atoms with Crippen molar-refractivity contribution in [2.75, 3.05) is 0 Å². The van der Waals surface area contributed by atoms with E-state index in [1.54, 1.807) is 12.1 Å². The van der Waals surface area contributed by atoms with Crippen LogP contribution in [0.2, 0.25) is 0 Å². The van der Waals surface area contributed by atoms with Crippen LogP contribution in [-0.4, -0.2) is 33.3 Å². The van der Waals surface area contributed by atoms with E-state index < -0.39 is 18.0 Å². The number of carboxylic acids is 1. The highest BCUT2D eigenvalue weighted by Crippen LogP contribution is 2.17. The number of rotatable bonds is 9. The molecule has 0 aliphatic heterocycles. The third-order valence-corrected chi connectivity index (χ3v) is 4.59. The summed E-state index contributed by atoms with van der Waals surface area (Å²) in [6.07, 6.45) is 0.152. The van der Waals surface area contributed by atoms with Crippen LogP contribution in [0.15, 0.2) is 84.9 Å². The number of phenolic OH excluding ortho intramolecular Hbond substituents is 1. The van der Waals surface area contributed by atoms with Crippen LogP contribution in [0, 0.1) is 0 Å². The lowest BCUT2D eigenvalue weighted by molar-refractivity contribution is -0.209. The fourth-order valence-corrected chi connectivity index (χ4v) is 3.06. The molecule has 3 rings (SSSR count). The van der Waals surface area contributed by atoms with Crippen LogP contribution in [0.1, 0.15) is 16.7 Å². The van der Waals surface area contributed by atoms with Gasteiger partial charge in [0.25, 0.3) is 0 Å². The van der Waals surface area contributed by atoms with Crippen LogP contribution in [-0.2, 0) is 33.8 Å². The van der Waals surface area contributed by atoms with Crippen molar-refractivity contribution in [1.82, 2.24) is 5.06 Å². The molecule has 0 saturated heterocycles. The summed E-state index contributed by atoms with van der Waals surface area (Å²) in [5.41, 5.74) is 2.31. The van der Waals surface area contributed by atoms with Crippen LogP contribution < -0.4 is 0 Å². The van der Waals surface area contributed by atoms with Crippen LogP contribution in [0.5, 0.6) is 5.75 Å². The van der Waals surface area contributed by atoms with E-state index in [2.05, 4.69) is 0 Å². The Morgan fingerprint density at radius 1 is 0.800 bits per heavy atom. The molecule has 30 heavy (non-hydrogen) atoms. The average Bonchev–Trinajstić information content (AvgIpc) is 2.74. The van der Waals surface area contributed by atoms with E-state index in [-0.39, 0.29) is 25.1 Å². The maximum atomic E-state index is 12.5. The Bertz CT molecular complexity index is 958. The molecule has 0 spiro atoms. The summed E-state index contributed by atoms with van der Waals surface area (Å²) in [6, 6.07) is 23.6. The lowest BCUT2D eigenvalue weighted by Crippen LogP contribution is -2.43. The molecule has 6 nitrogen and oxygen atoms in total. The van der Waals surface area contributed by atoms with Gasteiger partial charge >= 0.3 is 11.9 Å². The van der Waals surface area contributed by atoms with Gasteiger partial charge in [-0.25, -0.2) is 4.79 Å². The maximum absolute atomic E-state index is 12.5. The predicted molar refractivity (Wildman–Crippen MR) is 111 cm³/mol. The first-order valence-corrected chi connectivity index (χ1v) is 9.57. The van der Waals surface area contributed by atoms with Crippen molar-refractivity contribution >= 4 is 11.9 Å². The molecule has 2 N–H and O–H groups in total. The second-order valence-electron chi connectivity index (χ2n) is 6.91. The third kappa shape index (κ3) is 6.18. The van der Waals surface area contributed by atoms with Gasteiger partial charge in [0, 0.05) is 6.42 Å². The molecule has 0 heterocycles. The Balaban J connectivity index is 1.80. The first kappa shape index (κ1) is 21.1. The summed E-state index contributed by atoms with van der Waals surface area (Å²) >= 11 is 0. The zero-order chi connectivity index (χ0) is 21.3. The van der Waals surface area contributed by atoms with Crippen LogP contribution in [0.4, 0.5) is 0 Å². The molecule has 3 aromatic carbocycles. The first-order chi connectivity index (χ1) is 14.5. The number of hydroxylamine groups is 2. The SMILES string of the molecule is O=C(Cc1ccccc1)ON(Cc1ccccc1)[C@@H](Cc1ccc(O)cc1)C(=O)O. The van der Waals surface area contributed by atoms with E-state index in [1.807, 2.05) is 60.7 Å². The summed E-state index contributed by atoms with van der Waals surface area (Å²) in [5.74, 6) is -1.54. The van der Waals surface area contributed by atoms with Gasteiger partial charge in [-0.15, -0.1) is 5.06 Å². The topological polar surface area (TPSA) is 87.1 Å². The van der Waals surface area contributed by atoms with Crippen LogP contribution >= 0.6 is 0 Å². The number of carbonyl (C=O) groups excluding carboxylic acids is 1. The molecular formula is C24H23NO5. The molecule has 0 aliphatic carbocycles. The molecule has 6 heteroatoms. The van der Waals surface area contributed by atoms with Crippen molar-refractivity contribution in [3.8, 4) is 5.75 Å². The molecular weight excluding hydrogens is 382 g/mol. The predicted octanol–water partition coefficient (Wildman–Crippen LogP) is 3.59. The van der Waals surface area contributed by atoms with E-state index in [4.69, 9.17) is 4.84 Å². The van der Waals surface area contributed by atoms with Crippen molar-refractivity contribution in [2.45, 2.75) is 25.4 Å². The lowest BCUT2D eigenvalue weighted by atomic mass is 10.0. The largest absolute Gasteiger partial charge is 0.508 e. The second kappa shape index (κ2) is 10.2. The van der Waals surface area contributed by atoms with E-state index in [0.717, 1.165) is 11.1 Å². The zero-order valence-electron chi connectivity index (χ0n) is 16.3. The minimum absolute atomic E-state index is 0.0394. The smallest absolute Gasteiger partial charge is 0.329 e. The molecule has 0 amide bonds. The number of aromatic hydroxyl groups is 1. The molecule has 0 bridgehead atoms. The van der Waals surface area contributed by atoms with Crippen molar-refractivity contribution in [3.63, 3.8) is 0 Å². The highest BCUT2D eigenvalue weighted by molar-refractivity contribution is 5.75. The van der Waals surface area contributed by atoms with E-state index >= 15 is 0 Å². The molecule has 154 valence electrons. The Labute approximate surface area is 174 Å².